The lowest BCUT2D eigenvalue weighted by atomic mass is 9.85. The lowest BCUT2D eigenvalue weighted by Crippen LogP contribution is -2.08. The normalized spacial score (nSPS) is 17.5. The minimum Gasteiger partial charge on any atom is -0.197 e. The van der Waals surface area contributed by atoms with E-state index in [9.17, 15) is 21.0 Å². The summed E-state index contributed by atoms with van der Waals surface area (Å²) in [4.78, 5) is 0. The van der Waals surface area contributed by atoms with Crippen LogP contribution < -0.4 is 0 Å². The van der Waals surface area contributed by atoms with Gasteiger partial charge in [-0.2, -0.15) is 21.0 Å². The Hall–Kier alpha value is -3.34. The lowest BCUT2D eigenvalue weighted by Gasteiger charge is -2.13. The van der Waals surface area contributed by atoms with E-state index in [4.69, 9.17) is 0 Å². The summed E-state index contributed by atoms with van der Waals surface area (Å²) >= 11 is 0. The summed E-state index contributed by atoms with van der Waals surface area (Å²) in [6.45, 7) is 1.78. The Balaban J connectivity index is 2.84. The predicted molar refractivity (Wildman–Crippen MR) is 75.8 cm³/mol. The number of nitrogens with zero attached hydrogens (tertiary/aromatic N) is 4. The molecule has 1 aromatic carbocycles. The molecule has 4 heteroatoms. The standard InChI is InChI=1S/C17H10N4/c1-2-13-16(11(7-18)8-19)14-5-3-4-6-15(14)17(13)12(9-20)10-21/h2-6,11,16H,1H3/b13-2-. The van der Waals surface area contributed by atoms with E-state index in [1.807, 2.05) is 48.5 Å². The van der Waals surface area contributed by atoms with Crippen molar-refractivity contribution in [2.75, 3.05) is 0 Å². The van der Waals surface area contributed by atoms with Crippen LogP contribution in [0.3, 0.4) is 0 Å². The first kappa shape index (κ1) is 14.1. The largest absolute Gasteiger partial charge is 0.197 e. The van der Waals surface area contributed by atoms with Crippen molar-refractivity contribution in [2.24, 2.45) is 5.92 Å². The molecule has 0 heterocycles. The van der Waals surface area contributed by atoms with Gasteiger partial charge in [0.25, 0.3) is 0 Å². The highest BCUT2D eigenvalue weighted by Crippen LogP contribution is 2.49. The molecular formula is C17H10N4. The molecule has 0 spiro atoms. The maximum absolute atomic E-state index is 9.22. The third-order valence-corrected chi connectivity index (χ3v) is 3.59. The molecule has 1 aliphatic carbocycles. The summed E-state index contributed by atoms with van der Waals surface area (Å²) in [6, 6.07) is 15.1. The van der Waals surface area contributed by atoms with Crippen LogP contribution in [0.2, 0.25) is 0 Å². The summed E-state index contributed by atoms with van der Waals surface area (Å²) in [5.74, 6) is -1.28. The third-order valence-electron chi connectivity index (χ3n) is 3.59. The van der Waals surface area contributed by atoms with E-state index in [0.29, 0.717) is 11.1 Å². The Morgan fingerprint density at radius 3 is 2.24 bits per heavy atom. The maximum atomic E-state index is 9.22. The second kappa shape index (κ2) is 5.75. The first-order valence-electron chi connectivity index (χ1n) is 6.33. The molecular weight excluding hydrogens is 260 g/mol. The van der Waals surface area contributed by atoms with Gasteiger partial charge in [0.2, 0.25) is 0 Å². The molecule has 4 nitrogen and oxygen atoms in total. The predicted octanol–water partition coefficient (Wildman–Crippen LogP) is 3.19. The van der Waals surface area contributed by atoms with Crippen LogP contribution in [0.5, 0.6) is 0 Å². The molecule has 0 aliphatic heterocycles. The molecule has 2 rings (SSSR count). The van der Waals surface area contributed by atoms with Gasteiger partial charge in [0, 0.05) is 11.5 Å². The summed E-state index contributed by atoms with van der Waals surface area (Å²) in [5, 5.41) is 36.8. The smallest absolute Gasteiger partial charge is 0.144 e. The summed E-state index contributed by atoms with van der Waals surface area (Å²) in [5.41, 5.74) is 2.81. The fraction of sp³-hybridized carbons (Fsp3) is 0.176. The van der Waals surface area contributed by atoms with Crippen molar-refractivity contribution in [1.82, 2.24) is 0 Å². The third kappa shape index (κ3) is 2.06. The fourth-order valence-electron chi connectivity index (χ4n) is 2.75. The van der Waals surface area contributed by atoms with Crippen LogP contribution in [-0.4, -0.2) is 0 Å². The molecule has 98 valence electrons. The van der Waals surface area contributed by atoms with Crippen LogP contribution in [0.25, 0.3) is 5.57 Å². The first-order valence-corrected chi connectivity index (χ1v) is 6.33. The van der Waals surface area contributed by atoms with Crippen LogP contribution >= 0.6 is 0 Å². The maximum Gasteiger partial charge on any atom is 0.144 e. The average Bonchev–Trinajstić information content (AvgIpc) is 2.85. The topological polar surface area (TPSA) is 95.2 Å². The molecule has 0 N–H and O–H groups in total. The van der Waals surface area contributed by atoms with E-state index in [1.165, 1.54) is 0 Å². The van der Waals surface area contributed by atoms with Crippen LogP contribution in [0.4, 0.5) is 0 Å². The first-order chi connectivity index (χ1) is 10.2. The zero-order valence-corrected chi connectivity index (χ0v) is 11.3. The van der Waals surface area contributed by atoms with Crippen molar-refractivity contribution in [2.45, 2.75) is 12.8 Å². The summed E-state index contributed by atoms with van der Waals surface area (Å²) in [6.07, 6.45) is 1.77. The molecule has 0 bridgehead atoms. The van der Waals surface area contributed by atoms with Crippen molar-refractivity contribution in [3.8, 4) is 24.3 Å². The molecule has 1 unspecified atom stereocenters. The summed E-state index contributed by atoms with van der Waals surface area (Å²) in [7, 11) is 0. The minimum atomic E-state index is -0.853. The van der Waals surface area contributed by atoms with Gasteiger partial charge in [-0.25, -0.2) is 0 Å². The number of nitriles is 4. The van der Waals surface area contributed by atoms with Gasteiger partial charge in [-0.3, -0.25) is 0 Å². The number of rotatable bonds is 1. The highest BCUT2D eigenvalue weighted by atomic mass is 14.4. The van der Waals surface area contributed by atoms with Crippen molar-refractivity contribution >= 4 is 5.57 Å². The van der Waals surface area contributed by atoms with E-state index in [0.717, 1.165) is 11.1 Å². The fourth-order valence-corrected chi connectivity index (χ4v) is 2.75. The molecule has 0 saturated heterocycles. The zero-order valence-electron chi connectivity index (χ0n) is 11.3. The van der Waals surface area contributed by atoms with Gasteiger partial charge in [-0.15, -0.1) is 0 Å². The monoisotopic (exact) mass is 270 g/mol. The highest BCUT2D eigenvalue weighted by Gasteiger charge is 2.38. The van der Waals surface area contributed by atoms with E-state index < -0.39 is 11.8 Å². The Kier molecular flexibility index (Phi) is 3.85. The van der Waals surface area contributed by atoms with Gasteiger partial charge in [0.15, 0.2) is 0 Å². The van der Waals surface area contributed by atoms with E-state index in [1.54, 1.807) is 13.0 Å². The molecule has 0 aromatic heterocycles. The van der Waals surface area contributed by atoms with E-state index in [-0.39, 0.29) is 5.57 Å². The molecule has 0 fully saturated rings. The molecule has 1 aromatic rings. The molecule has 0 saturated carbocycles. The Bertz CT molecular complexity index is 786. The Labute approximate surface area is 123 Å². The van der Waals surface area contributed by atoms with E-state index in [2.05, 4.69) is 0 Å². The molecule has 1 atom stereocenters. The number of hydrogen-bond acceptors (Lipinski definition) is 4. The van der Waals surface area contributed by atoms with Gasteiger partial charge < -0.3 is 0 Å². The van der Waals surface area contributed by atoms with Crippen LogP contribution in [-0.2, 0) is 0 Å². The van der Waals surface area contributed by atoms with Gasteiger partial charge in [0.1, 0.15) is 23.6 Å². The Morgan fingerprint density at radius 1 is 1.10 bits per heavy atom. The van der Waals surface area contributed by atoms with Crippen molar-refractivity contribution in [3.05, 3.63) is 52.6 Å². The van der Waals surface area contributed by atoms with Gasteiger partial charge in [-0.05, 0) is 23.6 Å². The van der Waals surface area contributed by atoms with Crippen molar-refractivity contribution in [3.63, 3.8) is 0 Å². The van der Waals surface area contributed by atoms with Crippen molar-refractivity contribution < 1.29 is 0 Å². The van der Waals surface area contributed by atoms with Crippen molar-refractivity contribution in [1.29, 1.82) is 21.0 Å². The second-order valence-electron chi connectivity index (χ2n) is 4.52. The quantitative estimate of drug-likeness (QED) is 0.732. The number of hydrogen-bond donors (Lipinski definition) is 0. The molecule has 0 amide bonds. The highest BCUT2D eigenvalue weighted by molar-refractivity contribution is 5.93. The molecule has 0 radical (unpaired) electrons. The van der Waals surface area contributed by atoms with Gasteiger partial charge in [0.05, 0.1) is 12.1 Å². The number of allylic oxidation sites excluding steroid dienone is 4. The molecule has 1 aliphatic rings. The SMILES string of the molecule is C/C=C1\C(=C(C#N)C#N)c2ccccc2C1C(C#N)C#N. The zero-order chi connectivity index (χ0) is 15.4. The van der Waals surface area contributed by atoms with Crippen LogP contribution in [0.1, 0.15) is 24.0 Å². The van der Waals surface area contributed by atoms with Crippen LogP contribution in [0, 0.1) is 51.2 Å². The van der Waals surface area contributed by atoms with Crippen LogP contribution in [0.15, 0.2) is 41.5 Å². The average molecular weight is 270 g/mol. The number of fused-ring (bicyclic) bond motifs is 1. The van der Waals surface area contributed by atoms with Gasteiger partial charge >= 0.3 is 0 Å². The number of benzene rings is 1. The minimum absolute atomic E-state index is 0.00711. The van der Waals surface area contributed by atoms with Gasteiger partial charge in [-0.1, -0.05) is 30.3 Å². The summed E-state index contributed by atoms with van der Waals surface area (Å²) < 4.78 is 0. The Morgan fingerprint density at radius 2 is 1.71 bits per heavy atom. The second-order valence-corrected chi connectivity index (χ2v) is 4.52. The van der Waals surface area contributed by atoms with E-state index >= 15 is 0 Å². The lowest BCUT2D eigenvalue weighted by molar-refractivity contribution is 0.724. The molecule has 21 heavy (non-hydrogen) atoms.